The number of rotatable bonds is 1. The molecule has 3 rings (SSSR count). The van der Waals surface area contributed by atoms with Crippen LogP contribution in [0, 0.1) is 23.2 Å². The van der Waals surface area contributed by atoms with Crippen LogP contribution < -0.4 is 0 Å². The van der Waals surface area contributed by atoms with E-state index in [1.807, 2.05) is 0 Å². The molecule has 0 atom stereocenters. The van der Waals surface area contributed by atoms with Gasteiger partial charge >= 0.3 is 0 Å². The summed E-state index contributed by atoms with van der Waals surface area (Å²) in [6.07, 6.45) is 6.13. The average Bonchev–Trinajstić information content (AvgIpc) is 2.01. The van der Waals surface area contributed by atoms with Gasteiger partial charge in [0, 0.05) is 0 Å². The molecule has 0 aromatic rings. The molecule has 0 spiro atoms. The van der Waals surface area contributed by atoms with Gasteiger partial charge < -0.3 is 0 Å². The van der Waals surface area contributed by atoms with Crippen LogP contribution in [0.4, 0.5) is 0 Å². The Hall–Kier alpha value is 0.130. The first-order chi connectivity index (χ1) is 6.30. The van der Waals surface area contributed by atoms with E-state index in [0.29, 0.717) is 10.6 Å². The molecule has 0 saturated heterocycles. The second-order valence-corrected chi connectivity index (χ2v) is 7.34. The van der Waals surface area contributed by atoms with E-state index in [1.54, 1.807) is 12.8 Å². The molecule has 14 heavy (non-hydrogen) atoms. The van der Waals surface area contributed by atoms with Gasteiger partial charge in [0.2, 0.25) is 0 Å². The lowest BCUT2D eigenvalue weighted by Crippen LogP contribution is -2.44. The standard InChI is InChI=1S/C12H24B2/c1-11(2,3)12(13,14)10-6-8-4-9(5-8)7-10/h8-10H,4-7,13-14H2,1-3H3. The zero-order valence-corrected chi connectivity index (χ0v) is 10.6. The van der Waals surface area contributed by atoms with Gasteiger partial charge in [-0.15, -0.1) is 0 Å². The van der Waals surface area contributed by atoms with Crippen molar-refractivity contribution in [3.05, 3.63) is 0 Å². The Balaban J connectivity index is 2.07. The largest absolute Gasteiger partial charge is 0.100 e. The minimum atomic E-state index is 0.460. The fourth-order valence-corrected chi connectivity index (χ4v) is 3.36. The topological polar surface area (TPSA) is 0 Å². The fraction of sp³-hybridized carbons (Fsp3) is 1.00. The summed E-state index contributed by atoms with van der Waals surface area (Å²) in [7, 11) is 4.98. The third-order valence-electron chi connectivity index (χ3n) is 5.52. The summed E-state index contributed by atoms with van der Waals surface area (Å²) in [5, 5.41) is 0.518. The Bertz CT molecular complexity index is 211. The van der Waals surface area contributed by atoms with Crippen LogP contribution in [0.25, 0.3) is 0 Å². The van der Waals surface area contributed by atoms with Gasteiger partial charge in [0.1, 0.15) is 15.7 Å². The average molecular weight is 190 g/mol. The Morgan fingerprint density at radius 1 is 0.857 bits per heavy atom. The molecule has 78 valence electrons. The first-order valence-electron chi connectivity index (χ1n) is 6.30. The molecular weight excluding hydrogens is 166 g/mol. The fourth-order valence-electron chi connectivity index (χ4n) is 3.36. The highest BCUT2D eigenvalue weighted by Crippen LogP contribution is 2.58. The Morgan fingerprint density at radius 2 is 1.29 bits per heavy atom. The molecule has 0 aliphatic heterocycles. The van der Waals surface area contributed by atoms with E-state index >= 15 is 0 Å². The van der Waals surface area contributed by atoms with Crippen molar-refractivity contribution in [1.82, 2.24) is 0 Å². The maximum absolute atomic E-state index is 2.49. The van der Waals surface area contributed by atoms with Gasteiger partial charge in [0.15, 0.2) is 0 Å². The molecule has 0 aromatic carbocycles. The first-order valence-corrected chi connectivity index (χ1v) is 6.30. The van der Waals surface area contributed by atoms with Gasteiger partial charge in [-0.3, -0.25) is 0 Å². The van der Waals surface area contributed by atoms with Gasteiger partial charge in [0.25, 0.3) is 0 Å². The molecule has 3 aliphatic rings. The van der Waals surface area contributed by atoms with Gasteiger partial charge in [-0.2, -0.15) is 0 Å². The van der Waals surface area contributed by atoms with E-state index in [-0.39, 0.29) is 0 Å². The summed E-state index contributed by atoms with van der Waals surface area (Å²) in [5.74, 6) is 3.18. The van der Waals surface area contributed by atoms with Crippen LogP contribution in [0.2, 0.25) is 5.21 Å². The predicted molar refractivity (Wildman–Crippen MR) is 68.2 cm³/mol. The lowest BCUT2D eigenvalue weighted by atomic mass is 9.35. The van der Waals surface area contributed by atoms with Crippen LogP contribution in [-0.2, 0) is 0 Å². The highest BCUT2D eigenvalue weighted by Gasteiger charge is 2.47. The number of hydrogen-bond acceptors (Lipinski definition) is 0. The molecule has 2 bridgehead atoms. The molecule has 0 unspecified atom stereocenters. The number of hydrogen-bond donors (Lipinski definition) is 0. The van der Waals surface area contributed by atoms with Gasteiger partial charge in [-0.25, -0.2) is 0 Å². The van der Waals surface area contributed by atoms with Crippen molar-refractivity contribution in [1.29, 1.82) is 0 Å². The second kappa shape index (κ2) is 3.06. The van der Waals surface area contributed by atoms with Crippen LogP contribution in [0.15, 0.2) is 0 Å². The van der Waals surface area contributed by atoms with Crippen molar-refractivity contribution >= 4 is 15.7 Å². The minimum absolute atomic E-state index is 0.460. The van der Waals surface area contributed by atoms with Crippen LogP contribution in [0.1, 0.15) is 46.5 Å². The molecule has 0 N–H and O–H groups in total. The second-order valence-electron chi connectivity index (χ2n) is 7.34. The molecule has 3 aliphatic carbocycles. The highest BCUT2D eigenvalue weighted by molar-refractivity contribution is 6.40. The van der Waals surface area contributed by atoms with E-state index in [0.717, 1.165) is 17.8 Å². The van der Waals surface area contributed by atoms with Gasteiger partial charge in [0.05, 0.1) is 0 Å². The summed E-state index contributed by atoms with van der Waals surface area (Å²) in [6.45, 7) is 7.23. The van der Waals surface area contributed by atoms with E-state index < -0.39 is 0 Å². The molecule has 0 radical (unpaired) electrons. The van der Waals surface area contributed by atoms with Crippen molar-refractivity contribution in [2.75, 3.05) is 0 Å². The summed E-state index contributed by atoms with van der Waals surface area (Å²) in [5.41, 5.74) is 0.460. The zero-order valence-electron chi connectivity index (χ0n) is 10.6. The van der Waals surface area contributed by atoms with E-state index in [2.05, 4.69) is 36.5 Å². The third-order valence-corrected chi connectivity index (χ3v) is 5.52. The minimum Gasteiger partial charge on any atom is -0.0771 e. The van der Waals surface area contributed by atoms with Gasteiger partial charge in [-0.1, -0.05) is 26.0 Å². The third kappa shape index (κ3) is 1.55. The molecule has 3 fully saturated rings. The zero-order chi connectivity index (χ0) is 10.6. The van der Waals surface area contributed by atoms with Crippen LogP contribution in [-0.4, -0.2) is 15.7 Å². The summed E-state index contributed by atoms with van der Waals surface area (Å²) in [4.78, 5) is 0. The quantitative estimate of drug-likeness (QED) is 0.553. The van der Waals surface area contributed by atoms with E-state index in [1.165, 1.54) is 12.8 Å². The predicted octanol–water partition coefficient (Wildman–Crippen LogP) is 1.85. The number of fused-ring (bicyclic) bond motifs is 2. The van der Waals surface area contributed by atoms with Crippen LogP contribution >= 0.6 is 0 Å². The monoisotopic (exact) mass is 190 g/mol. The Kier molecular flexibility index (Phi) is 2.33. The molecule has 3 saturated carbocycles. The maximum atomic E-state index is 2.49. The lowest BCUT2D eigenvalue weighted by molar-refractivity contribution is 0.0394. The normalized spacial score (nSPS) is 37.8. The van der Waals surface area contributed by atoms with E-state index in [9.17, 15) is 0 Å². The Labute approximate surface area is 91.0 Å². The van der Waals surface area contributed by atoms with Crippen molar-refractivity contribution in [2.24, 2.45) is 23.2 Å². The van der Waals surface area contributed by atoms with Crippen molar-refractivity contribution < 1.29 is 0 Å². The Morgan fingerprint density at radius 3 is 1.64 bits per heavy atom. The smallest absolute Gasteiger partial charge is 0.0771 e. The molecule has 0 amide bonds. The van der Waals surface area contributed by atoms with Crippen LogP contribution in [0.3, 0.4) is 0 Å². The lowest BCUT2D eigenvalue weighted by Gasteiger charge is -2.55. The van der Waals surface area contributed by atoms with Crippen molar-refractivity contribution in [3.63, 3.8) is 0 Å². The van der Waals surface area contributed by atoms with Crippen molar-refractivity contribution in [2.45, 2.75) is 51.7 Å². The van der Waals surface area contributed by atoms with Crippen molar-refractivity contribution in [3.8, 4) is 0 Å². The molecule has 0 aromatic heterocycles. The SMILES string of the molecule is BC(B)(C1CC2CC(C2)C1)C(C)(C)C. The molecular formula is C12H24B2. The summed E-state index contributed by atoms with van der Waals surface area (Å²) >= 11 is 0. The molecule has 0 heterocycles. The highest BCUT2D eigenvalue weighted by atomic mass is 14.5. The summed E-state index contributed by atoms with van der Waals surface area (Å²) < 4.78 is 0. The van der Waals surface area contributed by atoms with E-state index in [4.69, 9.17) is 0 Å². The first kappa shape index (κ1) is 10.6. The summed E-state index contributed by atoms with van der Waals surface area (Å²) in [6, 6.07) is 0. The molecule has 0 nitrogen and oxygen atoms in total. The molecule has 2 heteroatoms. The van der Waals surface area contributed by atoms with Gasteiger partial charge in [-0.05, 0) is 48.9 Å². The maximum Gasteiger partial charge on any atom is 0.100 e. The van der Waals surface area contributed by atoms with Crippen LogP contribution in [0.5, 0.6) is 0 Å².